The molecule has 1 amide bonds. The van der Waals surface area contributed by atoms with Crippen molar-refractivity contribution in [2.24, 2.45) is 5.92 Å². The van der Waals surface area contributed by atoms with Crippen molar-refractivity contribution < 1.29 is 9.53 Å². The maximum absolute atomic E-state index is 12.6. The smallest absolute Gasteiger partial charge is 0.316 e. The number of para-hydroxylation sites is 1. The number of nitrogens with zero attached hydrogens (tertiary/aromatic N) is 4. The molecule has 0 aliphatic carbocycles. The van der Waals surface area contributed by atoms with E-state index in [-0.39, 0.29) is 5.91 Å². The zero-order chi connectivity index (χ0) is 17.8. The first-order valence-corrected chi connectivity index (χ1v) is 9.01. The zero-order valence-electron chi connectivity index (χ0n) is 14.6. The van der Waals surface area contributed by atoms with E-state index in [0.717, 1.165) is 31.4 Å². The van der Waals surface area contributed by atoms with Gasteiger partial charge in [0.15, 0.2) is 0 Å². The molecule has 0 radical (unpaired) electrons. The number of carbonyl (C=O) groups excluding carboxylic acids is 1. The minimum Gasteiger partial charge on any atom is -0.463 e. The summed E-state index contributed by atoms with van der Waals surface area (Å²) in [6.45, 7) is 2.56. The molecule has 4 rings (SSSR count). The molecular formula is C20H22N4O2. The fourth-order valence-corrected chi connectivity index (χ4v) is 3.43. The van der Waals surface area contributed by atoms with Crippen LogP contribution in [0.25, 0.3) is 10.9 Å². The topological polar surface area (TPSA) is 60.2 Å². The highest BCUT2D eigenvalue weighted by Crippen LogP contribution is 2.20. The van der Waals surface area contributed by atoms with Crippen LogP contribution in [0.2, 0.25) is 0 Å². The van der Waals surface area contributed by atoms with Crippen molar-refractivity contribution in [2.75, 3.05) is 19.7 Å². The van der Waals surface area contributed by atoms with Crippen molar-refractivity contribution in [1.29, 1.82) is 0 Å². The molecule has 0 N–H and O–H groups in total. The van der Waals surface area contributed by atoms with Gasteiger partial charge in [-0.15, -0.1) is 0 Å². The summed E-state index contributed by atoms with van der Waals surface area (Å²) in [5.41, 5.74) is 1.10. The lowest BCUT2D eigenvalue weighted by Crippen LogP contribution is -2.41. The minimum absolute atomic E-state index is 0.178. The monoisotopic (exact) mass is 350 g/mol. The lowest BCUT2D eigenvalue weighted by atomic mass is 9.98. The SMILES string of the molecule is O=C(Cn1ccc2ccccc21)N1CCC(COc2ncccn2)CC1. The molecule has 26 heavy (non-hydrogen) atoms. The molecule has 134 valence electrons. The van der Waals surface area contributed by atoms with Gasteiger partial charge in [-0.25, -0.2) is 9.97 Å². The van der Waals surface area contributed by atoms with Gasteiger partial charge in [0.2, 0.25) is 5.91 Å². The molecule has 0 saturated carbocycles. The van der Waals surface area contributed by atoms with Crippen molar-refractivity contribution in [1.82, 2.24) is 19.4 Å². The highest BCUT2D eigenvalue weighted by atomic mass is 16.5. The van der Waals surface area contributed by atoms with Gasteiger partial charge in [0.25, 0.3) is 0 Å². The molecular weight excluding hydrogens is 328 g/mol. The molecule has 1 saturated heterocycles. The molecule has 0 spiro atoms. The summed E-state index contributed by atoms with van der Waals surface area (Å²) in [7, 11) is 0. The van der Waals surface area contributed by atoms with Gasteiger partial charge < -0.3 is 14.2 Å². The van der Waals surface area contributed by atoms with Crippen LogP contribution in [0, 0.1) is 5.92 Å². The van der Waals surface area contributed by atoms with E-state index in [4.69, 9.17) is 4.74 Å². The van der Waals surface area contributed by atoms with Crippen LogP contribution in [0.15, 0.2) is 55.0 Å². The third-order valence-electron chi connectivity index (χ3n) is 4.94. The normalized spacial score (nSPS) is 15.3. The Kier molecular flexibility index (Phi) is 4.82. The first kappa shape index (κ1) is 16.6. The van der Waals surface area contributed by atoms with Crippen molar-refractivity contribution in [3.8, 4) is 6.01 Å². The summed E-state index contributed by atoms with van der Waals surface area (Å²) in [6.07, 6.45) is 7.24. The maximum Gasteiger partial charge on any atom is 0.316 e. The second kappa shape index (κ2) is 7.56. The van der Waals surface area contributed by atoms with Crippen molar-refractivity contribution in [3.63, 3.8) is 0 Å². The van der Waals surface area contributed by atoms with E-state index < -0.39 is 0 Å². The summed E-state index contributed by atoms with van der Waals surface area (Å²) in [5.74, 6) is 0.618. The molecule has 3 heterocycles. The molecule has 6 heteroatoms. The van der Waals surface area contributed by atoms with Crippen molar-refractivity contribution in [2.45, 2.75) is 19.4 Å². The Morgan fingerprint density at radius 1 is 1.08 bits per heavy atom. The van der Waals surface area contributed by atoms with Gasteiger partial charge in [-0.1, -0.05) is 18.2 Å². The molecule has 0 bridgehead atoms. The third kappa shape index (κ3) is 3.69. The van der Waals surface area contributed by atoms with Crippen LogP contribution in [0.1, 0.15) is 12.8 Å². The van der Waals surface area contributed by atoms with E-state index in [2.05, 4.69) is 28.2 Å². The molecule has 6 nitrogen and oxygen atoms in total. The number of likely N-dealkylation sites (tertiary alicyclic amines) is 1. The number of hydrogen-bond donors (Lipinski definition) is 0. The van der Waals surface area contributed by atoms with E-state index in [1.807, 2.05) is 27.8 Å². The molecule has 2 aromatic heterocycles. The average molecular weight is 350 g/mol. The number of benzene rings is 1. The first-order chi connectivity index (χ1) is 12.8. The van der Waals surface area contributed by atoms with E-state index in [9.17, 15) is 4.79 Å². The Morgan fingerprint density at radius 2 is 1.85 bits per heavy atom. The van der Waals surface area contributed by atoms with Crippen LogP contribution >= 0.6 is 0 Å². The highest BCUT2D eigenvalue weighted by Gasteiger charge is 2.23. The molecule has 0 atom stereocenters. The van der Waals surface area contributed by atoms with Gasteiger partial charge in [-0.2, -0.15) is 0 Å². The standard InChI is InChI=1S/C20H22N4O2/c25-19(14-24-13-8-17-4-1-2-5-18(17)24)23-11-6-16(7-12-23)15-26-20-21-9-3-10-22-20/h1-5,8-10,13,16H,6-7,11-12,14-15H2. The predicted octanol–water partition coefficient (Wildman–Crippen LogP) is 2.75. The summed E-state index contributed by atoms with van der Waals surface area (Å²) in [6, 6.07) is 12.4. The van der Waals surface area contributed by atoms with Crippen molar-refractivity contribution in [3.05, 3.63) is 55.0 Å². The van der Waals surface area contributed by atoms with Gasteiger partial charge in [0.05, 0.1) is 6.61 Å². The van der Waals surface area contributed by atoms with Crippen LogP contribution < -0.4 is 4.74 Å². The molecule has 0 unspecified atom stereocenters. The van der Waals surface area contributed by atoms with Crippen LogP contribution in [0.3, 0.4) is 0 Å². The number of ether oxygens (including phenoxy) is 1. The Morgan fingerprint density at radius 3 is 2.65 bits per heavy atom. The summed E-state index contributed by atoms with van der Waals surface area (Å²) in [4.78, 5) is 22.8. The van der Waals surface area contributed by atoms with Gasteiger partial charge in [0, 0.05) is 37.2 Å². The fraction of sp³-hybridized carbons (Fsp3) is 0.350. The predicted molar refractivity (Wildman–Crippen MR) is 98.8 cm³/mol. The molecule has 1 aliphatic heterocycles. The lowest BCUT2D eigenvalue weighted by Gasteiger charge is -2.32. The Labute approximate surface area is 152 Å². The Hall–Kier alpha value is -2.89. The maximum atomic E-state index is 12.6. The van der Waals surface area contributed by atoms with Gasteiger partial charge in [-0.05, 0) is 42.3 Å². The van der Waals surface area contributed by atoms with Crippen molar-refractivity contribution >= 4 is 16.8 Å². The number of aromatic nitrogens is 3. The number of carbonyl (C=O) groups is 1. The number of amides is 1. The average Bonchev–Trinajstić information content (AvgIpc) is 3.10. The molecule has 1 aliphatic rings. The van der Waals surface area contributed by atoms with Gasteiger partial charge in [0.1, 0.15) is 6.54 Å². The van der Waals surface area contributed by atoms with Crippen LogP contribution in [-0.4, -0.2) is 45.0 Å². The van der Waals surface area contributed by atoms with E-state index in [0.29, 0.717) is 25.1 Å². The summed E-state index contributed by atoms with van der Waals surface area (Å²) < 4.78 is 7.67. The number of piperidine rings is 1. The van der Waals surface area contributed by atoms with E-state index >= 15 is 0 Å². The molecule has 3 aromatic rings. The van der Waals surface area contributed by atoms with Gasteiger partial charge in [-0.3, -0.25) is 4.79 Å². The fourth-order valence-electron chi connectivity index (χ4n) is 3.43. The minimum atomic E-state index is 0.178. The Balaban J connectivity index is 1.28. The lowest BCUT2D eigenvalue weighted by molar-refractivity contribution is -0.133. The number of rotatable bonds is 5. The second-order valence-electron chi connectivity index (χ2n) is 6.67. The zero-order valence-corrected chi connectivity index (χ0v) is 14.6. The molecule has 1 aromatic carbocycles. The van der Waals surface area contributed by atoms with E-state index in [1.165, 1.54) is 5.39 Å². The largest absolute Gasteiger partial charge is 0.463 e. The summed E-state index contributed by atoms with van der Waals surface area (Å²) in [5, 5.41) is 1.17. The summed E-state index contributed by atoms with van der Waals surface area (Å²) >= 11 is 0. The quantitative estimate of drug-likeness (QED) is 0.710. The second-order valence-corrected chi connectivity index (χ2v) is 6.67. The molecule has 1 fully saturated rings. The van der Waals surface area contributed by atoms with Gasteiger partial charge >= 0.3 is 6.01 Å². The Bertz CT molecular complexity index is 870. The van der Waals surface area contributed by atoms with Crippen LogP contribution in [0.5, 0.6) is 6.01 Å². The first-order valence-electron chi connectivity index (χ1n) is 9.01. The number of hydrogen-bond acceptors (Lipinski definition) is 4. The number of fused-ring (bicyclic) bond motifs is 1. The third-order valence-corrected chi connectivity index (χ3v) is 4.94. The highest BCUT2D eigenvalue weighted by molar-refractivity contribution is 5.83. The van der Waals surface area contributed by atoms with E-state index in [1.54, 1.807) is 18.5 Å². The van der Waals surface area contributed by atoms with Crippen LogP contribution in [0.4, 0.5) is 0 Å². The van der Waals surface area contributed by atoms with Crippen LogP contribution in [-0.2, 0) is 11.3 Å².